The van der Waals surface area contributed by atoms with Gasteiger partial charge in [0.1, 0.15) is 17.7 Å². The van der Waals surface area contributed by atoms with Crippen molar-refractivity contribution < 1.29 is 45.4 Å². The molecule has 1 saturated carbocycles. The highest BCUT2D eigenvalue weighted by Crippen LogP contribution is 2.34. The third kappa shape index (κ3) is 8.85. The van der Waals surface area contributed by atoms with Gasteiger partial charge in [0.05, 0.1) is 15.2 Å². The van der Waals surface area contributed by atoms with Gasteiger partial charge < -0.3 is 20.1 Å². The number of ether oxygens (including phenoxy) is 2. The first-order valence-electron chi connectivity index (χ1n) is 13.6. The van der Waals surface area contributed by atoms with E-state index in [2.05, 4.69) is 10.6 Å². The Balaban J connectivity index is 1.66. The summed E-state index contributed by atoms with van der Waals surface area (Å²) in [7, 11) is -4.05. The van der Waals surface area contributed by atoms with Crippen LogP contribution < -0.4 is 10.6 Å². The van der Waals surface area contributed by atoms with Crippen molar-refractivity contribution in [1.82, 2.24) is 5.32 Å². The third-order valence-corrected chi connectivity index (χ3v) is 9.42. The number of hydrogen-bond donors (Lipinski definition) is 2. The summed E-state index contributed by atoms with van der Waals surface area (Å²) < 4.78 is 78.1. The Hall–Kier alpha value is -3.32. The van der Waals surface area contributed by atoms with E-state index in [9.17, 15) is 36.0 Å². The summed E-state index contributed by atoms with van der Waals surface area (Å²) in [4.78, 5) is 37.5. The van der Waals surface area contributed by atoms with Crippen molar-refractivity contribution in [1.29, 1.82) is 0 Å². The number of halogens is 4. The van der Waals surface area contributed by atoms with Crippen LogP contribution in [0, 0.1) is 23.4 Å². The Kier molecular flexibility index (Phi) is 10.8. The third-order valence-electron chi connectivity index (χ3n) is 6.68. The summed E-state index contributed by atoms with van der Waals surface area (Å²) in [6, 6.07) is 3.72. The number of benzene rings is 2. The van der Waals surface area contributed by atoms with Crippen molar-refractivity contribution in [3.8, 4) is 0 Å². The molecule has 0 aliphatic heterocycles. The summed E-state index contributed by atoms with van der Waals surface area (Å²) in [5.41, 5.74) is -1.28. The predicted molar refractivity (Wildman–Crippen MR) is 153 cm³/mol. The van der Waals surface area contributed by atoms with Crippen molar-refractivity contribution >= 4 is 45.1 Å². The van der Waals surface area contributed by atoms with Crippen molar-refractivity contribution in [2.75, 3.05) is 5.32 Å². The maximum atomic E-state index is 13.5. The Morgan fingerprint density at radius 1 is 0.977 bits per heavy atom. The number of nitrogens with one attached hydrogen (secondary N) is 2. The molecule has 3 rings (SSSR count). The fourth-order valence-corrected chi connectivity index (χ4v) is 6.83. The normalized spacial score (nSPS) is 18.1. The molecule has 1 aliphatic rings. The molecule has 1 atom stereocenters. The topological polar surface area (TPSA) is 128 Å². The second-order valence-electron chi connectivity index (χ2n) is 11.6. The van der Waals surface area contributed by atoms with Crippen LogP contribution in [-0.2, 0) is 24.1 Å². The van der Waals surface area contributed by atoms with Gasteiger partial charge in [0.15, 0.2) is 27.3 Å². The Morgan fingerprint density at radius 2 is 1.56 bits per heavy atom. The highest BCUT2D eigenvalue weighted by molar-refractivity contribution is 7.92. The van der Waals surface area contributed by atoms with Gasteiger partial charge >= 0.3 is 12.1 Å². The summed E-state index contributed by atoms with van der Waals surface area (Å²) in [6.07, 6.45) is -0.619. The van der Waals surface area contributed by atoms with Crippen LogP contribution in [0.25, 0.3) is 0 Å². The number of rotatable bonds is 8. The van der Waals surface area contributed by atoms with E-state index in [0.29, 0.717) is 12.1 Å². The van der Waals surface area contributed by atoms with Gasteiger partial charge in [0, 0.05) is 23.4 Å². The predicted octanol–water partition coefficient (Wildman–Crippen LogP) is 6.19. The highest BCUT2D eigenvalue weighted by Gasteiger charge is 2.36. The van der Waals surface area contributed by atoms with Crippen LogP contribution in [0.5, 0.6) is 0 Å². The minimum atomic E-state index is -4.05. The zero-order valence-corrected chi connectivity index (χ0v) is 25.9. The monoisotopic (exact) mass is 646 g/mol. The fraction of sp³-hybridized carbons (Fsp3) is 0.483. The van der Waals surface area contributed by atoms with E-state index in [1.54, 1.807) is 34.6 Å². The van der Waals surface area contributed by atoms with Gasteiger partial charge in [-0.05, 0) is 70.6 Å². The molecule has 2 aromatic carbocycles. The highest BCUT2D eigenvalue weighted by atomic mass is 35.5. The molecule has 236 valence electrons. The number of hydrogen-bond acceptors (Lipinski definition) is 7. The molecular weight excluding hydrogens is 613 g/mol. The van der Waals surface area contributed by atoms with Gasteiger partial charge in [-0.25, -0.2) is 31.2 Å². The summed E-state index contributed by atoms with van der Waals surface area (Å²) in [5, 5.41) is 3.71. The van der Waals surface area contributed by atoms with Gasteiger partial charge in [-0.2, -0.15) is 0 Å². The van der Waals surface area contributed by atoms with Crippen LogP contribution in [0.2, 0.25) is 5.02 Å². The zero-order chi connectivity index (χ0) is 32.3. The van der Waals surface area contributed by atoms with E-state index in [1.165, 1.54) is 12.1 Å². The lowest BCUT2D eigenvalue weighted by atomic mass is 9.97. The number of carbonyl (C=O) groups is 3. The van der Waals surface area contributed by atoms with Crippen LogP contribution in [0.1, 0.15) is 70.7 Å². The van der Waals surface area contributed by atoms with Crippen molar-refractivity contribution in [2.24, 2.45) is 5.92 Å². The number of amides is 2. The van der Waals surface area contributed by atoms with Crippen LogP contribution in [0.4, 0.5) is 23.7 Å². The number of esters is 1. The first kappa shape index (κ1) is 34.2. The minimum absolute atomic E-state index is 0.128. The molecule has 0 unspecified atom stereocenters. The molecule has 1 aliphatic carbocycles. The molecule has 43 heavy (non-hydrogen) atoms. The number of anilines is 1. The lowest BCUT2D eigenvalue weighted by molar-refractivity contribution is -0.154. The van der Waals surface area contributed by atoms with E-state index < -0.39 is 68.3 Å². The molecule has 0 heterocycles. The van der Waals surface area contributed by atoms with Crippen molar-refractivity contribution in [3.63, 3.8) is 0 Å². The second kappa shape index (κ2) is 13.5. The maximum Gasteiger partial charge on any atom is 0.408 e. The van der Waals surface area contributed by atoms with Crippen LogP contribution in [0.3, 0.4) is 0 Å². The number of sulfone groups is 1. The minimum Gasteiger partial charge on any atom is -0.461 e. The van der Waals surface area contributed by atoms with Gasteiger partial charge in [0.25, 0.3) is 5.91 Å². The molecule has 1 fully saturated rings. The van der Waals surface area contributed by atoms with Crippen LogP contribution in [0.15, 0.2) is 35.2 Å². The Labute approximate surface area is 253 Å². The first-order chi connectivity index (χ1) is 19.9. The van der Waals surface area contributed by atoms with E-state index in [1.807, 2.05) is 0 Å². The molecule has 0 radical (unpaired) electrons. The molecule has 0 aromatic heterocycles. The Bertz CT molecular complexity index is 1460. The molecule has 2 amide bonds. The molecule has 14 heteroatoms. The lowest BCUT2D eigenvalue weighted by Gasteiger charge is -2.30. The summed E-state index contributed by atoms with van der Waals surface area (Å²) in [5.74, 6) is -6.56. The molecule has 0 saturated heterocycles. The lowest BCUT2D eigenvalue weighted by Crippen LogP contribution is -2.48. The summed E-state index contributed by atoms with van der Waals surface area (Å²) in [6.45, 7) is 8.55. The summed E-state index contributed by atoms with van der Waals surface area (Å²) >= 11 is 6.20. The van der Waals surface area contributed by atoms with Gasteiger partial charge in [-0.1, -0.05) is 25.4 Å². The van der Waals surface area contributed by atoms with E-state index in [-0.39, 0.29) is 52.8 Å². The first-order valence-corrected chi connectivity index (χ1v) is 15.5. The number of carbonyl (C=O) groups excluding carboxylic acids is 3. The van der Waals surface area contributed by atoms with Crippen LogP contribution in [-0.4, -0.2) is 49.4 Å². The van der Waals surface area contributed by atoms with E-state index in [4.69, 9.17) is 21.1 Å². The average Bonchev–Trinajstić information content (AvgIpc) is 2.89. The standard InChI is InChI=1S/C29H34ClF3N2O7S/c1-15(2)25(35-28(38)42-29(3,4)5)27(37)41-18-7-9-19(10-8-18)43(39,40)23-12-16(6-11-20(23)30)26(36)34-17-13-21(31)24(33)22(32)14-17/h6,11-15,18-19,25H,7-10H2,1-5H3,(H,34,36)(H,35,38)/t18-,19-,25-/m0/s1. The van der Waals surface area contributed by atoms with E-state index >= 15 is 0 Å². The van der Waals surface area contributed by atoms with Crippen LogP contribution >= 0.6 is 11.6 Å². The van der Waals surface area contributed by atoms with Gasteiger partial charge in [-0.3, -0.25) is 4.79 Å². The molecule has 0 spiro atoms. The Morgan fingerprint density at radius 3 is 2.09 bits per heavy atom. The largest absolute Gasteiger partial charge is 0.461 e. The second-order valence-corrected chi connectivity index (χ2v) is 14.2. The van der Waals surface area contributed by atoms with Crippen molar-refractivity contribution in [2.45, 2.75) is 88.2 Å². The average molecular weight is 647 g/mol. The van der Waals surface area contributed by atoms with Gasteiger partial charge in [0.2, 0.25) is 0 Å². The van der Waals surface area contributed by atoms with Crippen molar-refractivity contribution in [3.05, 3.63) is 58.4 Å². The molecule has 9 nitrogen and oxygen atoms in total. The SMILES string of the molecule is CC(C)[C@H](NC(=O)OC(C)(C)C)C(=O)O[C@H]1CC[C@H](S(=O)(=O)c2cc(C(=O)Nc3cc(F)c(F)c(F)c3)ccc2Cl)CC1. The molecule has 2 aromatic rings. The fourth-order valence-electron chi connectivity index (χ4n) is 4.50. The van der Waals surface area contributed by atoms with E-state index in [0.717, 1.165) is 6.07 Å². The molecule has 0 bridgehead atoms. The van der Waals surface area contributed by atoms with Gasteiger partial charge in [-0.15, -0.1) is 0 Å². The number of alkyl carbamates (subject to hydrolysis) is 1. The maximum absolute atomic E-state index is 13.5. The molecular formula is C29H34ClF3N2O7S. The quantitative estimate of drug-likeness (QED) is 0.259. The zero-order valence-electron chi connectivity index (χ0n) is 24.3. The molecule has 2 N–H and O–H groups in total. The smallest absolute Gasteiger partial charge is 0.408 e.